The van der Waals surface area contributed by atoms with Gasteiger partial charge in [-0.15, -0.1) is 0 Å². The fraction of sp³-hybridized carbons (Fsp3) is 0.857. The van der Waals surface area contributed by atoms with Gasteiger partial charge in [-0.2, -0.15) is 0 Å². The van der Waals surface area contributed by atoms with Crippen LogP contribution in [0.5, 0.6) is 0 Å². The van der Waals surface area contributed by atoms with Crippen molar-refractivity contribution < 1.29 is 0 Å². The summed E-state index contributed by atoms with van der Waals surface area (Å²) in [6, 6.07) is 0.961. The van der Waals surface area contributed by atoms with Gasteiger partial charge in [0.25, 0.3) is 0 Å². The largest absolute Gasteiger partial charge is 0.307 e. The van der Waals surface area contributed by atoms with E-state index in [-0.39, 0.29) is 0 Å². The Morgan fingerprint density at radius 2 is 2.22 bits per heavy atom. The molecular formula is C7H14N2. The summed E-state index contributed by atoms with van der Waals surface area (Å²) in [5.74, 6) is 0. The van der Waals surface area contributed by atoms with Crippen LogP contribution in [0.15, 0.2) is 4.99 Å². The number of hydrogen-bond acceptors (Lipinski definition) is 2. The van der Waals surface area contributed by atoms with Crippen molar-refractivity contribution in [3.8, 4) is 0 Å². The molecule has 0 aliphatic carbocycles. The minimum absolute atomic E-state index is 0.473. The molecule has 0 amide bonds. The van der Waals surface area contributed by atoms with E-state index in [4.69, 9.17) is 0 Å². The van der Waals surface area contributed by atoms with E-state index < -0.39 is 0 Å². The summed E-state index contributed by atoms with van der Waals surface area (Å²) in [4.78, 5) is 4.42. The van der Waals surface area contributed by atoms with Crippen molar-refractivity contribution in [1.82, 2.24) is 5.32 Å². The topological polar surface area (TPSA) is 24.4 Å². The molecular weight excluding hydrogens is 112 g/mol. The minimum atomic E-state index is 0.473. The standard InChI is InChI=1S/C7H14N2/c1-5-4-8-6(2)7(3)9-5/h5-6,8H,4H2,1-3H3. The second-order valence-electron chi connectivity index (χ2n) is 2.75. The second-order valence-corrected chi connectivity index (χ2v) is 2.75. The van der Waals surface area contributed by atoms with Crippen LogP contribution in [-0.4, -0.2) is 24.3 Å². The van der Waals surface area contributed by atoms with Crippen LogP contribution in [-0.2, 0) is 0 Å². The van der Waals surface area contributed by atoms with E-state index in [2.05, 4.69) is 31.1 Å². The van der Waals surface area contributed by atoms with Gasteiger partial charge >= 0.3 is 0 Å². The quantitative estimate of drug-likeness (QED) is 0.510. The van der Waals surface area contributed by atoms with Crippen molar-refractivity contribution in [3.63, 3.8) is 0 Å². The van der Waals surface area contributed by atoms with Gasteiger partial charge in [-0.3, -0.25) is 4.99 Å². The lowest BCUT2D eigenvalue weighted by molar-refractivity contribution is 0.556. The molecule has 1 aliphatic heterocycles. The first kappa shape index (κ1) is 6.75. The summed E-state index contributed by atoms with van der Waals surface area (Å²) in [5, 5.41) is 3.35. The fourth-order valence-electron chi connectivity index (χ4n) is 1.00. The third kappa shape index (κ3) is 1.52. The maximum Gasteiger partial charge on any atom is 0.0596 e. The molecule has 0 saturated carbocycles. The minimum Gasteiger partial charge on any atom is -0.307 e. The molecule has 52 valence electrons. The molecule has 2 heteroatoms. The molecule has 2 atom stereocenters. The molecule has 0 fully saturated rings. The van der Waals surface area contributed by atoms with Gasteiger partial charge in [0.1, 0.15) is 0 Å². The molecule has 0 aromatic rings. The Hall–Kier alpha value is -0.370. The molecule has 0 saturated heterocycles. The van der Waals surface area contributed by atoms with Crippen molar-refractivity contribution in [2.24, 2.45) is 4.99 Å². The Morgan fingerprint density at radius 1 is 1.56 bits per heavy atom. The molecule has 0 aromatic carbocycles. The van der Waals surface area contributed by atoms with Crippen LogP contribution < -0.4 is 5.32 Å². The molecule has 1 N–H and O–H groups in total. The summed E-state index contributed by atoms with van der Waals surface area (Å²) in [5.41, 5.74) is 1.23. The van der Waals surface area contributed by atoms with Crippen LogP contribution in [0.25, 0.3) is 0 Å². The number of nitrogens with zero attached hydrogens (tertiary/aromatic N) is 1. The summed E-state index contributed by atoms with van der Waals surface area (Å²) >= 11 is 0. The number of aliphatic imine (C=N–C) groups is 1. The van der Waals surface area contributed by atoms with E-state index in [1.165, 1.54) is 5.71 Å². The van der Waals surface area contributed by atoms with Crippen molar-refractivity contribution in [2.45, 2.75) is 32.9 Å². The predicted octanol–water partition coefficient (Wildman–Crippen LogP) is 0.828. The van der Waals surface area contributed by atoms with Gasteiger partial charge in [0.05, 0.1) is 6.04 Å². The van der Waals surface area contributed by atoms with E-state index in [1.54, 1.807) is 0 Å². The molecule has 2 nitrogen and oxygen atoms in total. The van der Waals surface area contributed by atoms with Gasteiger partial charge < -0.3 is 5.32 Å². The number of rotatable bonds is 0. The monoisotopic (exact) mass is 126 g/mol. The summed E-state index contributed by atoms with van der Waals surface area (Å²) in [6.07, 6.45) is 0. The lowest BCUT2D eigenvalue weighted by Crippen LogP contribution is -2.41. The molecule has 9 heavy (non-hydrogen) atoms. The predicted molar refractivity (Wildman–Crippen MR) is 40.0 cm³/mol. The van der Waals surface area contributed by atoms with E-state index in [1.807, 2.05) is 0 Å². The summed E-state index contributed by atoms with van der Waals surface area (Å²) < 4.78 is 0. The van der Waals surface area contributed by atoms with Crippen LogP contribution in [0, 0.1) is 0 Å². The van der Waals surface area contributed by atoms with E-state index in [0.29, 0.717) is 12.1 Å². The molecule has 0 bridgehead atoms. The average Bonchev–Trinajstić information content (AvgIpc) is 1.80. The van der Waals surface area contributed by atoms with Crippen LogP contribution in [0.1, 0.15) is 20.8 Å². The second kappa shape index (κ2) is 2.48. The third-order valence-corrected chi connectivity index (χ3v) is 1.77. The van der Waals surface area contributed by atoms with Gasteiger partial charge in [-0.25, -0.2) is 0 Å². The molecule has 0 aromatic heterocycles. The third-order valence-electron chi connectivity index (χ3n) is 1.77. The van der Waals surface area contributed by atoms with E-state index in [0.717, 1.165) is 6.54 Å². The van der Waals surface area contributed by atoms with Crippen molar-refractivity contribution in [1.29, 1.82) is 0 Å². The van der Waals surface area contributed by atoms with Crippen molar-refractivity contribution in [3.05, 3.63) is 0 Å². The lowest BCUT2D eigenvalue weighted by atomic mass is 10.1. The Kier molecular flexibility index (Phi) is 1.86. The highest BCUT2D eigenvalue weighted by Crippen LogP contribution is 1.99. The normalized spacial score (nSPS) is 36.1. The lowest BCUT2D eigenvalue weighted by Gasteiger charge is -2.22. The SMILES string of the molecule is CC1=NC(C)CNC1C. The van der Waals surface area contributed by atoms with Gasteiger partial charge in [0, 0.05) is 18.3 Å². The number of nitrogens with one attached hydrogen (secondary N) is 1. The maximum absolute atomic E-state index is 4.42. The van der Waals surface area contributed by atoms with Crippen LogP contribution in [0.2, 0.25) is 0 Å². The Labute approximate surface area is 56.4 Å². The Balaban J connectivity index is 2.61. The summed E-state index contributed by atoms with van der Waals surface area (Å²) in [7, 11) is 0. The van der Waals surface area contributed by atoms with Gasteiger partial charge in [-0.05, 0) is 20.8 Å². The smallest absolute Gasteiger partial charge is 0.0596 e. The number of hydrogen-bond donors (Lipinski definition) is 1. The highest BCUT2D eigenvalue weighted by atomic mass is 15.0. The first-order chi connectivity index (χ1) is 4.20. The van der Waals surface area contributed by atoms with Crippen LogP contribution >= 0.6 is 0 Å². The average molecular weight is 126 g/mol. The van der Waals surface area contributed by atoms with E-state index >= 15 is 0 Å². The first-order valence-corrected chi connectivity index (χ1v) is 3.48. The van der Waals surface area contributed by atoms with Gasteiger partial charge in [-0.1, -0.05) is 0 Å². The molecule has 1 rings (SSSR count). The maximum atomic E-state index is 4.42. The Morgan fingerprint density at radius 3 is 2.67 bits per heavy atom. The van der Waals surface area contributed by atoms with Gasteiger partial charge in [0.2, 0.25) is 0 Å². The molecule has 1 heterocycles. The molecule has 1 aliphatic rings. The highest BCUT2D eigenvalue weighted by molar-refractivity contribution is 5.87. The van der Waals surface area contributed by atoms with Crippen LogP contribution in [0.3, 0.4) is 0 Å². The zero-order valence-electron chi connectivity index (χ0n) is 6.31. The van der Waals surface area contributed by atoms with Crippen molar-refractivity contribution in [2.75, 3.05) is 6.54 Å². The molecule has 2 unspecified atom stereocenters. The van der Waals surface area contributed by atoms with Crippen molar-refractivity contribution >= 4 is 5.71 Å². The van der Waals surface area contributed by atoms with Gasteiger partial charge in [0.15, 0.2) is 0 Å². The fourth-order valence-corrected chi connectivity index (χ4v) is 1.00. The zero-order valence-corrected chi connectivity index (χ0v) is 6.31. The molecule has 0 radical (unpaired) electrons. The first-order valence-electron chi connectivity index (χ1n) is 3.48. The Bertz CT molecular complexity index is 129. The van der Waals surface area contributed by atoms with E-state index in [9.17, 15) is 0 Å². The molecule has 0 spiro atoms. The van der Waals surface area contributed by atoms with Crippen LogP contribution in [0.4, 0.5) is 0 Å². The zero-order chi connectivity index (χ0) is 6.85. The highest BCUT2D eigenvalue weighted by Gasteiger charge is 2.12. The summed E-state index contributed by atoms with van der Waals surface area (Å²) in [6.45, 7) is 7.37.